The van der Waals surface area contributed by atoms with Gasteiger partial charge in [-0.05, 0) is 37.5 Å². The molecular formula is C29H30N4O3. The van der Waals surface area contributed by atoms with Gasteiger partial charge in [-0.25, -0.2) is 14.8 Å². The fourth-order valence-corrected chi connectivity index (χ4v) is 3.85. The molecule has 0 aliphatic heterocycles. The number of aromatic nitrogens is 2. The minimum atomic E-state index is -0.668. The van der Waals surface area contributed by atoms with E-state index in [4.69, 9.17) is 4.74 Å². The average Bonchev–Trinajstić information content (AvgIpc) is 2.83. The zero-order chi connectivity index (χ0) is 26.5. The zero-order valence-electron chi connectivity index (χ0n) is 21.5. The Labute approximate surface area is 211 Å². The predicted octanol–water partition coefficient (Wildman–Crippen LogP) is 5.65. The molecule has 0 spiro atoms. The largest absolute Gasteiger partial charge is 0.462 e. The van der Waals surface area contributed by atoms with Crippen molar-refractivity contribution >= 4 is 17.4 Å². The van der Waals surface area contributed by atoms with E-state index in [1.165, 1.54) is 0 Å². The molecule has 0 aliphatic carbocycles. The number of carbonyl (C=O) groups excluding carboxylic acids is 2. The van der Waals surface area contributed by atoms with Crippen LogP contribution < -0.4 is 5.32 Å². The Balaban J connectivity index is 2.07. The van der Waals surface area contributed by atoms with Crippen LogP contribution in [-0.4, -0.2) is 28.5 Å². The first-order chi connectivity index (χ1) is 17.1. The van der Waals surface area contributed by atoms with Crippen LogP contribution in [0.3, 0.4) is 0 Å². The number of hydrogen-bond donors (Lipinski definition) is 1. The Morgan fingerprint density at radius 1 is 0.972 bits per heavy atom. The van der Waals surface area contributed by atoms with Crippen LogP contribution in [0.15, 0.2) is 60.3 Å². The highest BCUT2D eigenvalue weighted by Crippen LogP contribution is 2.32. The lowest BCUT2D eigenvalue weighted by atomic mass is 9.86. The van der Waals surface area contributed by atoms with Gasteiger partial charge in [-0.1, -0.05) is 75.4 Å². The minimum Gasteiger partial charge on any atom is -0.462 e. The van der Waals surface area contributed by atoms with Gasteiger partial charge in [0.1, 0.15) is 23.2 Å². The summed E-state index contributed by atoms with van der Waals surface area (Å²) >= 11 is 0. The lowest BCUT2D eigenvalue weighted by Gasteiger charge is -2.26. The van der Waals surface area contributed by atoms with E-state index in [1.807, 2.05) is 75.4 Å². The van der Waals surface area contributed by atoms with E-state index in [-0.39, 0.29) is 17.9 Å². The highest BCUT2D eigenvalue weighted by molar-refractivity contribution is 6.05. The molecule has 0 aliphatic rings. The SMILES string of the molecule is CCOC(=O)c1c(C)nc(C)nc1C(=O)N/C(=C(/C#N)c1ccc(-c2ccccc2)cc1)C(C)(C)C. The van der Waals surface area contributed by atoms with Crippen LogP contribution in [0.1, 0.15) is 65.6 Å². The van der Waals surface area contributed by atoms with Crippen LogP contribution in [0.5, 0.6) is 0 Å². The van der Waals surface area contributed by atoms with Gasteiger partial charge in [0.05, 0.1) is 17.9 Å². The molecule has 0 fully saturated rings. The van der Waals surface area contributed by atoms with Crippen molar-refractivity contribution in [1.29, 1.82) is 5.26 Å². The Morgan fingerprint density at radius 2 is 1.58 bits per heavy atom. The van der Waals surface area contributed by atoms with E-state index in [2.05, 4.69) is 21.4 Å². The van der Waals surface area contributed by atoms with Crippen molar-refractivity contribution in [2.45, 2.75) is 41.5 Å². The molecule has 0 bridgehead atoms. The van der Waals surface area contributed by atoms with Gasteiger partial charge in [-0.3, -0.25) is 4.79 Å². The van der Waals surface area contributed by atoms with Crippen LogP contribution >= 0.6 is 0 Å². The number of nitrogens with zero attached hydrogens (tertiary/aromatic N) is 3. The van der Waals surface area contributed by atoms with E-state index in [0.29, 0.717) is 28.4 Å². The summed E-state index contributed by atoms with van der Waals surface area (Å²) in [7, 11) is 0. The first-order valence-electron chi connectivity index (χ1n) is 11.7. The number of nitrogens with one attached hydrogen (secondary N) is 1. The maximum absolute atomic E-state index is 13.5. The number of amides is 1. The summed E-state index contributed by atoms with van der Waals surface area (Å²) in [6, 6.07) is 19.8. The van der Waals surface area contributed by atoms with E-state index >= 15 is 0 Å². The molecule has 1 amide bonds. The fraction of sp³-hybridized carbons (Fsp3) is 0.276. The molecule has 184 valence electrons. The molecule has 0 unspecified atom stereocenters. The van der Waals surface area contributed by atoms with Crippen molar-refractivity contribution in [1.82, 2.24) is 15.3 Å². The first kappa shape index (κ1) is 26.3. The van der Waals surface area contributed by atoms with Crippen molar-refractivity contribution in [3.05, 3.63) is 88.6 Å². The Kier molecular flexibility index (Phi) is 8.00. The third-order valence-electron chi connectivity index (χ3n) is 5.53. The topological polar surface area (TPSA) is 105 Å². The van der Waals surface area contributed by atoms with E-state index in [9.17, 15) is 14.9 Å². The third-order valence-corrected chi connectivity index (χ3v) is 5.53. The normalized spacial score (nSPS) is 11.8. The Hall–Kier alpha value is -4.31. The van der Waals surface area contributed by atoms with Gasteiger partial charge in [0.15, 0.2) is 0 Å². The summed E-state index contributed by atoms with van der Waals surface area (Å²) in [5, 5.41) is 13.0. The smallest absolute Gasteiger partial charge is 0.342 e. The van der Waals surface area contributed by atoms with Gasteiger partial charge in [-0.2, -0.15) is 5.26 Å². The predicted molar refractivity (Wildman–Crippen MR) is 139 cm³/mol. The number of nitriles is 1. The van der Waals surface area contributed by atoms with Crippen molar-refractivity contribution in [3.63, 3.8) is 0 Å². The quantitative estimate of drug-likeness (QED) is 0.360. The first-order valence-corrected chi connectivity index (χ1v) is 11.7. The molecule has 2 aromatic carbocycles. The highest BCUT2D eigenvalue weighted by atomic mass is 16.5. The highest BCUT2D eigenvalue weighted by Gasteiger charge is 2.29. The number of aryl methyl sites for hydroxylation is 2. The monoisotopic (exact) mass is 482 g/mol. The lowest BCUT2D eigenvalue weighted by molar-refractivity contribution is 0.0520. The molecule has 0 saturated heterocycles. The number of carbonyl (C=O) groups is 2. The van der Waals surface area contributed by atoms with Gasteiger partial charge < -0.3 is 10.1 Å². The van der Waals surface area contributed by atoms with Crippen LogP contribution in [0.2, 0.25) is 0 Å². The maximum atomic E-state index is 13.5. The second-order valence-electron chi connectivity index (χ2n) is 9.31. The molecule has 0 saturated carbocycles. The van der Waals surface area contributed by atoms with Crippen molar-refractivity contribution < 1.29 is 14.3 Å². The Morgan fingerprint density at radius 3 is 2.14 bits per heavy atom. The molecule has 1 heterocycles. The molecule has 0 atom stereocenters. The van der Waals surface area contributed by atoms with Crippen molar-refractivity contribution in [3.8, 4) is 17.2 Å². The van der Waals surface area contributed by atoms with Crippen LogP contribution in [-0.2, 0) is 4.74 Å². The standard InChI is InChI=1S/C29H30N4O3/c1-7-36-28(35)24-18(2)31-19(3)32-25(24)27(34)33-26(29(4,5)6)23(17-30)22-15-13-21(14-16-22)20-11-9-8-10-12-20/h8-16H,7H2,1-6H3,(H,33,34)/b26-23-. The fourth-order valence-electron chi connectivity index (χ4n) is 3.85. The van der Waals surface area contributed by atoms with Crippen LogP contribution in [0, 0.1) is 30.6 Å². The number of benzene rings is 2. The average molecular weight is 483 g/mol. The van der Waals surface area contributed by atoms with Gasteiger partial charge in [0, 0.05) is 11.1 Å². The summed E-state index contributed by atoms with van der Waals surface area (Å²) in [6.07, 6.45) is 0. The molecule has 7 heteroatoms. The molecule has 7 nitrogen and oxygen atoms in total. The van der Waals surface area contributed by atoms with E-state index in [0.717, 1.165) is 11.1 Å². The minimum absolute atomic E-state index is 0.0129. The number of esters is 1. The molecule has 3 rings (SSSR count). The van der Waals surface area contributed by atoms with Gasteiger partial charge in [0.2, 0.25) is 0 Å². The Bertz CT molecular complexity index is 1350. The van der Waals surface area contributed by atoms with Gasteiger partial charge in [-0.15, -0.1) is 0 Å². The molecule has 1 aromatic heterocycles. The van der Waals surface area contributed by atoms with Gasteiger partial charge >= 0.3 is 5.97 Å². The van der Waals surface area contributed by atoms with Crippen LogP contribution in [0.25, 0.3) is 16.7 Å². The lowest BCUT2D eigenvalue weighted by Crippen LogP contribution is -2.33. The number of rotatable bonds is 6. The van der Waals surface area contributed by atoms with E-state index in [1.54, 1.807) is 20.8 Å². The third kappa shape index (κ3) is 5.84. The van der Waals surface area contributed by atoms with E-state index < -0.39 is 17.3 Å². The summed E-state index contributed by atoms with van der Waals surface area (Å²) in [5.74, 6) is -0.923. The number of allylic oxidation sites excluding steroid dienone is 2. The second-order valence-corrected chi connectivity index (χ2v) is 9.31. The number of hydrogen-bond acceptors (Lipinski definition) is 6. The molecule has 3 aromatic rings. The van der Waals surface area contributed by atoms with Crippen LogP contribution in [0.4, 0.5) is 0 Å². The second kappa shape index (κ2) is 11.0. The molecular weight excluding hydrogens is 452 g/mol. The zero-order valence-corrected chi connectivity index (χ0v) is 21.5. The van der Waals surface area contributed by atoms with Gasteiger partial charge in [0.25, 0.3) is 5.91 Å². The maximum Gasteiger partial charge on any atom is 0.342 e. The summed E-state index contributed by atoms with van der Waals surface area (Å²) in [6.45, 7) is 10.8. The molecule has 1 N–H and O–H groups in total. The molecule has 0 radical (unpaired) electrons. The molecule has 36 heavy (non-hydrogen) atoms. The van der Waals surface area contributed by atoms with Crippen molar-refractivity contribution in [2.24, 2.45) is 5.41 Å². The number of ether oxygens (including phenoxy) is 1. The summed E-state index contributed by atoms with van der Waals surface area (Å²) < 4.78 is 5.13. The summed E-state index contributed by atoms with van der Waals surface area (Å²) in [4.78, 5) is 34.5. The summed E-state index contributed by atoms with van der Waals surface area (Å²) in [5.41, 5.74) is 3.19. The van der Waals surface area contributed by atoms with Crippen molar-refractivity contribution in [2.75, 3.05) is 6.61 Å².